The third-order valence-electron chi connectivity index (χ3n) is 4.58. The molecule has 1 saturated heterocycles. The minimum absolute atomic E-state index is 0.0916. The number of para-hydroxylation sites is 1. The lowest BCUT2D eigenvalue weighted by molar-refractivity contribution is -0.122. The number of imide groups is 1. The third-order valence-corrected chi connectivity index (χ3v) is 4.58. The van der Waals surface area contributed by atoms with Crippen molar-refractivity contribution in [3.05, 3.63) is 66.7 Å². The molecule has 4 rings (SSSR count). The van der Waals surface area contributed by atoms with Gasteiger partial charge in [0.2, 0.25) is 11.8 Å². The number of benzene rings is 2. The number of allylic oxidation sites excluding steroid dienone is 2. The molecule has 0 unspecified atom stereocenters. The highest BCUT2D eigenvalue weighted by atomic mass is 16.5. The van der Waals surface area contributed by atoms with Gasteiger partial charge in [-0.25, -0.2) is 0 Å². The molecule has 0 aromatic heterocycles. The summed E-state index contributed by atoms with van der Waals surface area (Å²) in [6.07, 6.45) is 5.29. The van der Waals surface area contributed by atoms with Gasteiger partial charge in [0, 0.05) is 0 Å². The Morgan fingerprint density at radius 2 is 1.29 bits per heavy atom. The average Bonchev–Trinajstić information content (AvgIpc) is 2.88. The van der Waals surface area contributed by atoms with Gasteiger partial charge in [0.15, 0.2) is 0 Å². The second-order valence-electron chi connectivity index (χ2n) is 6.08. The van der Waals surface area contributed by atoms with Crippen LogP contribution in [-0.4, -0.2) is 11.8 Å². The van der Waals surface area contributed by atoms with E-state index in [-0.39, 0.29) is 23.7 Å². The molecule has 2 aliphatic rings. The van der Waals surface area contributed by atoms with Crippen LogP contribution in [0, 0.1) is 11.8 Å². The van der Waals surface area contributed by atoms with Crippen molar-refractivity contribution in [2.75, 3.05) is 4.90 Å². The molecule has 120 valence electrons. The quantitative estimate of drug-likeness (QED) is 0.636. The van der Waals surface area contributed by atoms with Crippen LogP contribution in [0.1, 0.15) is 12.8 Å². The van der Waals surface area contributed by atoms with E-state index in [1.54, 1.807) is 24.3 Å². The number of amides is 2. The fourth-order valence-electron chi connectivity index (χ4n) is 3.34. The van der Waals surface area contributed by atoms with E-state index in [0.29, 0.717) is 24.3 Å². The van der Waals surface area contributed by atoms with Gasteiger partial charge in [0.05, 0.1) is 17.5 Å². The summed E-state index contributed by atoms with van der Waals surface area (Å²) in [6, 6.07) is 16.6. The summed E-state index contributed by atoms with van der Waals surface area (Å²) < 4.78 is 5.75. The molecule has 1 heterocycles. The minimum Gasteiger partial charge on any atom is -0.457 e. The summed E-state index contributed by atoms with van der Waals surface area (Å²) in [6.45, 7) is 0. The second kappa shape index (κ2) is 5.96. The van der Waals surface area contributed by atoms with Crippen LogP contribution in [0.4, 0.5) is 5.69 Å². The molecule has 0 saturated carbocycles. The molecule has 2 atom stereocenters. The van der Waals surface area contributed by atoms with Crippen molar-refractivity contribution in [2.24, 2.45) is 11.8 Å². The van der Waals surface area contributed by atoms with Gasteiger partial charge < -0.3 is 4.74 Å². The molecule has 1 aliphatic heterocycles. The van der Waals surface area contributed by atoms with Gasteiger partial charge in [-0.2, -0.15) is 0 Å². The molecule has 4 nitrogen and oxygen atoms in total. The molecule has 0 radical (unpaired) electrons. The Morgan fingerprint density at radius 3 is 1.88 bits per heavy atom. The Morgan fingerprint density at radius 1 is 0.750 bits per heavy atom. The van der Waals surface area contributed by atoms with E-state index in [2.05, 4.69) is 0 Å². The molecular weight excluding hydrogens is 302 g/mol. The standard InChI is InChI=1S/C20H17NO3/c22-19-17-8-4-5-9-18(17)20(23)21(19)14-10-12-16(13-11-14)24-15-6-2-1-3-7-15/h1-7,10-13,17-18H,8-9H2/t17-,18+. The Bertz CT molecular complexity index is 769. The Labute approximate surface area is 140 Å². The minimum atomic E-state index is -0.206. The van der Waals surface area contributed by atoms with Crippen LogP contribution in [-0.2, 0) is 9.59 Å². The van der Waals surface area contributed by atoms with Crippen molar-refractivity contribution in [1.29, 1.82) is 0 Å². The normalized spacial score (nSPS) is 22.6. The maximum absolute atomic E-state index is 12.6. The number of rotatable bonds is 3. The molecule has 2 aromatic carbocycles. The molecule has 24 heavy (non-hydrogen) atoms. The lowest BCUT2D eigenvalue weighted by atomic mass is 9.85. The molecule has 4 heteroatoms. The highest BCUT2D eigenvalue weighted by Gasteiger charge is 2.47. The van der Waals surface area contributed by atoms with Gasteiger partial charge in [0.25, 0.3) is 0 Å². The van der Waals surface area contributed by atoms with Gasteiger partial charge >= 0.3 is 0 Å². The van der Waals surface area contributed by atoms with E-state index >= 15 is 0 Å². The first kappa shape index (κ1) is 14.7. The van der Waals surface area contributed by atoms with Crippen molar-refractivity contribution in [1.82, 2.24) is 0 Å². The molecule has 2 amide bonds. The highest BCUT2D eigenvalue weighted by molar-refractivity contribution is 6.22. The van der Waals surface area contributed by atoms with Crippen LogP contribution >= 0.6 is 0 Å². The third kappa shape index (κ3) is 2.50. The van der Waals surface area contributed by atoms with Crippen molar-refractivity contribution in [2.45, 2.75) is 12.8 Å². The largest absolute Gasteiger partial charge is 0.457 e. The van der Waals surface area contributed by atoms with Gasteiger partial charge in [0.1, 0.15) is 11.5 Å². The Hall–Kier alpha value is -2.88. The first-order chi connectivity index (χ1) is 11.7. The number of fused-ring (bicyclic) bond motifs is 1. The van der Waals surface area contributed by atoms with Crippen molar-refractivity contribution in [3.8, 4) is 11.5 Å². The molecule has 1 fully saturated rings. The fraction of sp³-hybridized carbons (Fsp3) is 0.200. The van der Waals surface area contributed by atoms with Crippen LogP contribution in [0.5, 0.6) is 11.5 Å². The van der Waals surface area contributed by atoms with Crippen molar-refractivity contribution < 1.29 is 14.3 Å². The van der Waals surface area contributed by atoms with Crippen molar-refractivity contribution in [3.63, 3.8) is 0 Å². The maximum atomic E-state index is 12.6. The lowest BCUT2D eigenvalue weighted by Crippen LogP contribution is -2.30. The molecule has 2 aromatic rings. The summed E-state index contributed by atoms with van der Waals surface area (Å²) in [5.41, 5.74) is 0.611. The van der Waals surface area contributed by atoms with Crippen LogP contribution in [0.15, 0.2) is 66.7 Å². The molecule has 0 bridgehead atoms. The number of ether oxygens (including phenoxy) is 1. The Balaban J connectivity index is 1.55. The second-order valence-corrected chi connectivity index (χ2v) is 6.08. The molecule has 0 N–H and O–H groups in total. The molecule has 1 aliphatic carbocycles. The number of carbonyl (C=O) groups is 2. The predicted octanol–water partition coefficient (Wildman–Crippen LogP) is 3.93. The Kier molecular flexibility index (Phi) is 3.65. The predicted molar refractivity (Wildman–Crippen MR) is 90.8 cm³/mol. The zero-order chi connectivity index (χ0) is 16.5. The summed E-state index contributed by atoms with van der Waals surface area (Å²) in [5, 5.41) is 0. The number of anilines is 1. The number of hydrogen-bond acceptors (Lipinski definition) is 3. The SMILES string of the molecule is O=C1[C@H]2CC=CC[C@H]2C(=O)N1c1ccc(Oc2ccccc2)cc1. The average molecular weight is 319 g/mol. The summed E-state index contributed by atoms with van der Waals surface area (Å²) in [4.78, 5) is 26.5. The first-order valence-corrected chi connectivity index (χ1v) is 8.10. The monoisotopic (exact) mass is 319 g/mol. The van der Waals surface area contributed by atoms with Gasteiger partial charge in [-0.05, 0) is 49.2 Å². The lowest BCUT2D eigenvalue weighted by Gasteiger charge is -2.15. The van der Waals surface area contributed by atoms with E-state index in [4.69, 9.17) is 4.74 Å². The summed E-state index contributed by atoms with van der Waals surface area (Å²) >= 11 is 0. The summed E-state index contributed by atoms with van der Waals surface area (Å²) in [5.74, 6) is 0.821. The van der Waals surface area contributed by atoms with Crippen LogP contribution in [0.3, 0.4) is 0 Å². The van der Waals surface area contributed by atoms with Crippen molar-refractivity contribution >= 4 is 17.5 Å². The topological polar surface area (TPSA) is 46.6 Å². The van der Waals surface area contributed by atoms with Crippen LogP contribution < -0.4 is 9.64 Å². The molecule has 0 spiro atoms. The fourth-order valence-corrected chi connectivity index (χ4v) is 3.34. The highest BCUT2D eigenvalue weighted by Crippen LogP contribution is 2.38. The van der Waals surface area contributed by atoms with E-state index in [1.807, 2.05) is 42.5 Å². The van der Waals surface area contributed by atoms with Gasteiger partial charge in [-0.15, -0.1) is 0 Å². The molecular formula is C20H17NO3. The smallest absolute Gasteiger partial charge is 0.238 e. The zero-order valence-corrected chi connectivity index (χ0v) is 13.1. The maximum Gasteiger partial charge on any atom is 0.238 e. The van der Waals surface area contributed by atoms with Crippen LogP contribution in [0.25, 0.3) is 0 Å². The van der Waals surface area contributed by atoms with Gasteiger partial charge in [-0.1, -0.05) is 30.4 Å². The number of hydrogen-bond donors (Lipinski definition) is 0. The van der Waals surface area contributed by atoms with E-state index in [0.717, 1.165) is 5.75 Å². The summed E-state index contributed by atoms with van der Waals surface area (Å²) in [7, 11) is 0. The zero-order valence-electron chi connectivity index (χ0n) is 13.1. The van der Waals surface area contributed by atoms with Gasteiger partial charge in [-0.3, -0.25) is 14.5 Å². The number of carbonyl (C=O) groups excluding carboxylic acids is 2. The van der Waals surface area contributed by atoms with E-state index in [1.165, 1.54) is 4.90 Å². The van der Waals surface area contributed by atoms with E-state index < -0.39 is 0 Å². The van der Waals surface area contributed by atoms with Crippen LogP contribution in [0.2, 0.25) is 0 Å². The first-order valence-electron chi connectivity index (χ1n) is 8.10. The van der Waals surface area contributed by atoms with E-state index in [9.17, 15) is 9.59 Å². The number of nitrogens with zero attached hydrogens (tertiary/aromatic N) is 1.